The van der Waals surface area contributed by atoms with Crippen LogP contribution in [0.25, 0.3) is 0 Å². The number of carbonyl (C=O) groups is 1. The van der Waals surface area contributed by atoms with E-state index in [9.17, 15) is 17.6 Å². The first kappa shape index (κ1) is 18.8. The van der Waals surface area contributed by atoms with Gasteiger partial charge in [-0.25, -0.2) is 17.1 Å². The van der Waals surface area contributed by atoms with Gasteiger partial charge in [0.1, 0.15) is 5.82 Å². The molecule has 8 heteroatoms. The molecular formula is C16H24FN3O3S. The van der Waals surface area contributed by atoms with Crippen molar-refractivity contribution in [3.05, 3.63) is 30.1 Å². The molecule has 1 unspecified atom stereocenters. The zero-order valence-electron chi connectivity index (χ0n) is 14.0. The highest BCUT2D eigenvalue weighted by molar-refractivity contribution is 7.89. The molecule has 0 aromatic heterocycles. The van der Waals surface area contributed by atoms with Gasteiger partial charge < -0.3 is 10.2 Å². The predicted molar refractivity (Wildman–Crippen MR) is 89.5 cm³/mol. The van der Waals surface area contributed by atoms with Crippen LogP contribution in [0.15, 0.2) is 29.2 Å². The first-order valence-electron chi connectivity index (χ1n) is 8.00. The van der Waals surface area contributed by atoms with Gasteiger partial charge in [0.25, 0.3) is 0 Å². The van der Waals surface area contributed by atoms with Crippen LogP contribution in [0.4, 0.5) is 4.39 Å². The van der Waals surface area contributed by atoms with Gasteiger partial charge in [-0.3, -0.25) is 4.79 Å². The second kappa shape index (κ2) is 8.04. The highest BCUT2D eigenvalue weighted by Crippen LogP contribution is 2.16. The molecule has 1 saturated heterocycles. The number of benzene rings is 1. The number of amides is 1. The van der Waals surface area contributed by atoms with Crippen molar-refractivity contribution < 1.29 is 17.6 Å². The Hall–Kier alpha value is -1.51. The average molecular weight is 357 g/mol. The molecule has 1 N–H and O–H groups in total. The Bertz CT molecular complexity index is 658. The molecule has 0 spiro atoms. The summed E-state index contributed by atoms with van der Waals surface area (Å²) in [6, 6.07) is 4.95. The fourth-order valence-electron chi connectivity index (χ4n) is 2.71. The molecule has 0 saturated carbocycles. The lowest BCUT2D eigenvalue weighted by Gasteiger charge is -2.24. The minimum absolute atomic E-state index is 0.0243. The lowest BCUT2D eigenvalue weighted by molar-refractivity contribution is -0.131. The Kier molecular flexibility index (Phi) is 6.31. The highest BCUT2D eigenvalue weighted by Gasteiger charge is 2.24. The Morgan fingerprint density at radius 1 is 1.29 bits per heavy atom. The van der Waals surface area contributed by atoms with Crippen molar-refractivity contribution in [1.29, 1.82) is 0 Å². The SMILES string of the molecule is CN(C(=O)CCCN(C)S(=O)(=O)c1ccc(F)cc1)C1CCNC1. The molecule has 6 nitrogen and oxygen atoms in total. The van der Waals surface area contributed by atoms with Gasteiger partial charge in [0, 0.05) is 39.6 Å². The van der Waals surface area contributed by atoms with Crippen LogP contribution >= 0.6 is 0 Å². The number of sulfonamides is 1. The molecule has 1 atom stereocenters. The van der Waals surface area contributed by atoms with Crippen molar-refractivity contribution in [1.82, 2.24) is 14.5 Å². The van der Waals surface area contributed by atoms with Crippen LogP contribution in [-0.2, 0) is 14.8 Å². The average Bonchev–Trinajstić information content (AvgIpc) is 3.08. The molecule has 24 heavy (non-hydrogen) atoms. The van der Waals surface area contributed by atoms with Crippen molar-refractivity contribution in [2.45, 2.75) is 30.2 Å². The largest absolute Gasteiger partial charge is 0.341 e. The third-order valence-corrected chi connectivity index (χ3v) is 6.23. The summed E-state index contributed by atoms with van der Waals surface area (Å²) < 4.78 is 38.8. The van der Waals surface area contributed by atoms with Crippen molar-refractivity contribution in [2.75, 3.05) is 33.7 Å². The molecule has 0 radical (unpaired) electrons. The topological polar surface area (TPSA) is 69.7 Å². The van der Waals surface area contributed by atoms with E-state index in [1.165, 1.54) is 23.5 Å². The van der Waals surface area contributed by atoms with E-state index in [0.29, 0.717) is 12.8 Å². The Balaban J connectivity index is 1.84. The normalized spacial score (nSPS) is 18.1. The molecule has 1 heterocycles. The molecular weight excluding hydrogens is 333 g/mol. The number of nitrogens with one attached hydrogen (secondary N) is 1. The summed E-state index contributed by atoms with van der Waals surface area (Å²) in [6.45, 7) is 1.96. The highest BCUT2D eigenvalue weighted by atomic mass is 32.2. The van der Waals surface area contributed by atoms with Gasteiger partial charge in [0.15, 0.2) is 0 Å². The summed E-state index contributed by atoms with van der Waals surface area (Å²) in [5.41, 5.74) is 0. The van der Waals surface area contributed by atoms with Crippen molar-refractivity contribution in [3.8, 4) is 0 Å². The number of rotatable bonds is 7. The van der Waals surface area contributed by atoms with E-state index in [2.05, 4.69) is 5.32 Å². The maximum Gasteiger partial charge on any atom is 0.242 e. The van der Waals surface area contributed by atoms with Gasteiger partial charge in [-0.15, -0.1) is 0 Å². The van der Waals surface area contributed by atoms with E-state index >= 15 is 0 Å². The van der Waals surface area contributed by atoms with E-state index in [-0.39, 0.29) is 23.4 Å². The van der Waals surface area contributed by atoms with Crippen LogP contribution in [0.1, 0.15) is 19.3 Å². The zero-order chi connectivity index (χ0) is 17.7. The molecule has 1 amide bonds. The Morgan fingerprint density at radius 2 is 1.96 bits per heavy atom. The van der Waals surface area contributed by atoms with E-state index in [0.717, 1.165) is 31.6 Å². The molecule has 134 valence electrons. The minimum atomic E-state index is -3.66. The molecule has 1 aliphatic heterocycles. The fourth-order valence-corrected chi connectivity index (χ4v) is 3.92. The Morgan fingerprint density at radius 3 is 2.54 bits per heavy atom. The van der Waals surface area contributed by atoms with Crippen molar-refractivity contribution >= 4 is 15.9 Å². The molecule has 1 aliphatic rings. The quantitative estimate of drug-likeness (QED) is 0.792. The van der Waals surface area contributed by atoms with Crippen LogP contribution < -0.4 is 5.32 Å². The summed E-state index contributed by atoms with van der Waals surface area (Å²) >= 11 is 0. The second-order valence-corrected chi connectivity index (χ2v) is 8.08. The van der Waals surface area contributed by atoms with Crippen LogP contribution in [0, 0.1) is 5.82 Å². The standard InChI is InChI=1S/C16H24FN3O3S/c1-19(24(22,23)15-7-5-13(17)6-8-15)11-3-4-16(21)20(2)14-9-10-18-12-14/h5-8,14,18H,3-4,9-12H2,1-2H3. The molecule has 0 bridgehead atoms. The maximum atomic E-state index is 12.9. The number of hydrogen-bond acceptors (Lipinski definition) is 4. The number of likely N-dealkylation sites (N-methyl/N-ethyl adjacent to an activating group) is 1. The van der Waals surface area contributed by atoms with E-state index in [4.69, 9.17) is 0 Å². The first-order chi connectivity index (χ1) is 11.3. The van der Waals surface area contributed by atoms with Gasteiger partial charge in [0.05, 0.1) is 4.90 Å². The molecule has 1 fully saturated rings. The van der Waals surface area contributed by atoms with Crippen LogP contribution in [0.3, 0.4) is 0 Å². The van der Waals surface area contributed by atoms with Gasteiger partial charge >= 0.3 is 0 Å². The van der Waals surface area contributed by atoms with Crippen molar-refractivity contribution in [2.24, 2.45) is 0 Å². The summed E-state index contributed by atoms with van der Waals surface area (Å²) in [7, 11) is -0.401. The number of nitrogens with zero attached hydrogens (tertiary/aromatic N) is 2. The van der Waals surface area contributed by atoms with Crippen LogP contribution in [-0.4, -0.2) is 63.3 Å². The fraction of sp³-hybridized carbons (Fsp3) is 0.562. The van der Waals surface area contributed by atoms with Crippen LogP contribution in [0.2, 0.25) is 0 Å². The zero-order valence-corrected chi connectivity index (χ0v) is 14.9. The number of carbonyl (C=O) groups excluding carboxylic acids is 1. The van der Waals surface area contributed by atoms with Gasteiger partial charge in [0.2, 0.25) is 15.9 Å². The molecule has 1 aromatic rings. The smallest absolute Gasteiger partial charge is 0.242 e. The monoisotopic (exact) mass is 357 g/mol. The van der Waals surface area contributed by atoms with E-state index in [1.54, 1.807) is 11.9 Å². The third-order valence-electron chi connectivity index (χ3n) is 4.36. The summed E-state index contributed by atoms with van der Waals surface area (Å²) in [5, 5.41) is 3.22. The number of halogens is 1. The third kappa shape index (κ3) is 4.52. The lowest BCUT2D eigenvalue weighted by atomic mass is 10.2. The molecule has 0 aliphatic carbocycles. The van der Waals surface area contributed by atoms with Crippen molar-refractivity contribution in [3.63, 3.8) is 0 Å². The second-order valence-electron chi connectivity index (χ2n) is 6.04. The minimum Gasteiger partial charge on any atom is -0.341 e. The lowest BCUT2D eigenvalue weighted by Crippen LogP contribution is -2.38. The number of hydrogen-bond donors (Lipinski definition) is 1. The summed E-state index contributed by atoms with van der Waals surface area (Å²) in [5.74, 6) is -0.456. The van der Waals surface area contributed by atoms with Gasteiger partial charge in [-0.2, -0.15) is 0 Å². The van der Waals surface area contributed by atoms with Crippen LogP contribution in [0.5, 0.6) is 0 Å². The Labute approximate surface area is 142 Å². The van der Waals surface area contributed by atoms with Gasteiger partial charge in [-0.1, -0.05) is 0 Å². The predicted octanol–water partition coefficient (Wildman–Crippen LogP) is 1.05. The van der Waals surface area contributed by atoms with E-state index in [1.807, 2.05) is 0 Å². The summed E-state index contributed by atoms with van der Waals surface area (Å²) in [6.07, 6.45) is 1.69. The maximum absolute atomic E-state index is 12.9. The van der Waals surface area contributed by atoms with Gasteiger partial charge in [-0.05, 0) is 43.7 Å². The molecule has 1 aromatic carbocycles. The summed E-state index contributed by atoms with van der Waals surface area (Å²) in [4.78, 5) is 13.9. The first-order valence-corrected chi connectivity index (χ1v) is 9.44. The van der Waals surface area contributed by atoms with E-state index < -0.39 is 15.8 Å². The molecule has 2 rings (SSSR count).